The van der Waals surface area contributed by atoms with Gasteiger partial charge in [0.1, 0.15) is 12.0 Å². The number of nitrogens with one attached hydrogen (secondary N) is 1. The third kappa shape index (κ3) is 1.85. The van der Waals surface area contributed by atoms with Gasteiger partial charge >= 0.3 is 58.2 Å². The zero-order valence-electron chi connectivity index (χ0n) is 7.10. The van der Waals surface area contributed by atoms with E-state index in [-0.39, 0.29) is 69.1 Å². The van der Waals surface area contributed by atoms with Gasteiger partial charge in [0.2, 0.25) is 0 Å². The van der Waals surface area contributed by atoms with E-state index in [2.05, 4.69) is 14.8 Å². The molecule has 7 nitrogen and oxygen atoms in total. The fourth-order valence-corrected chi connectivity index (χ4v) is 0.944. The molecule has 2 aromatic rings. The van der Waals surface area contributed by atoms with Crippen molar-refractivity contribution >= 4 is 16.9 Å². The first-order chi connectivity index (χ1) is 6.20. The minimum atomic E-state index is -1.50. The number of carbonyl (C=O) groups is 1. The maximum Gasteiger partial charge on any atom is 1.00 e. The Morgan fingerprint density at radius 1 is 1.57 bits per heavy atom. The Morgan fingerprint density at radius 2 is 2.29 bits per heavy atom. The van der Waals surface area contributed by atoms with Crippen LogP contribution in [0.2, 0.25) is 0 Å². The molecular weight excluding hydrogens is 264 g/mol. The van der Waals surface area contributed by atoms with Gasteiger partial charge in [0.15, 0.2) is 5.52 Å². The molecule has 2 aromatic heterocycles. The van der Waals surface area contributed by atoms with Gasteiger partial charge in [0, 0.05) is 0 Å². The van der Waals surface area contributed by atoms with Crippen molar-refractivity contribution in [2.75, 3.05) is 0 Å². The van der Waals surface area contributed by atoms with Crippen molar-refractivity contribution < 1.29 is 72.6 Å². The van der Waals surface area contributed by atoms with Crippen molar-refractivity contribution in [1.29, 1.82) is 0 Å². The second-order valence-corrected chi connectivity index (χ2v) is 2.27. The molecule has 0 aliphatic rings. The van der Waals surface area contributed by atoms with Crippen LogP contribution in [0.4, 0.5) is 0 Å². The largest absolute Gasteiger partial charge is 1.00 e. The Balaban J connectivity index is 0.000000980. The summed E-state index contributed by atoms with van der Waals surface area (Å²) in [4.78, 5) is 21.4. The van der Waals surface area contributed by atoms with Gasteiger partial charge in [-0.3, -0.25) is 4.79 Å². The first kappa shape index (κ1) is 11.7. The van der Waals surface area contributed by atoms with Gasteiger partial charge in [-0.2, -0.15) is 5.10 Å². The summed E-state index contributed by atoms with van der Waals surface area (Å²) in [5.41, 5.74) is -1.10. The molecule has 2 rings (SSSR count). The first-order valence-corrected chi connectivity index (χ1v) is 3.24. The van der Waals surface area contributed by atoms with E-state index in [1.54, 1.807) is 0 Å². The molecule has 0 spiro atoms. The molecule has 0 fully saturated rings. The maximum atomic E-state index is 11.0. The smallest absolute Gasteiger partial charge is 0.543 e. The summed E-state index contributed by atoms with van der Waals surface area (Å²) in [5.74, 6) is -1.50. The van der Waals surface area contributed by atoms with Crippen molar-refractivity contribution in [1.82, 2.24) is 15.4 Å². The number of carbonyl (C=O) groups excluding carboxylic acids is 1. The van der Waals surface area contributed by atoms with Gasteiger partial charge in [-0.25, -0.2) is 5.10 Å². The first-order valence-electron chi connectivity index (χ1n) is 3.24. The molecule has 0 saturated heterocycles. The molecule has 0 radical (unpaired) electrons. The number of hydrogen-bond donors (Lipinski definition) is 1. The number of carboxylic acids is 1. The molecule has 0 bridgehead atoms. The van der Waals surface area contributed by atoms with E-state index in [1.807, 2.05) is 5.10 Å². The van der Waals surface area contributed by atoms with Crippen molar-refractivity contribution in [3.8, 4) is 0 Å². The summed E-state index contributed by atoms with van der Waals surface area (Å²) in [7, 11) is 0. The molecule has 66 valence electrons. The van der Waals surface area contributed by atoms with Gasteiger partial charge in [0.05, 0.1) is 11.4 Å². The fourth-order valence-electron chi connectivity index (χ4n) is 0.944. The van der Waals surface area contributed by atoms with Gasteiger partial charge in [-0.05, 0) is 0 Å². The molecule has 0 aliphatic carbocycles. The van der Waals surface area contributed by atoms with Crippen molar-refractivity contribution in [3.63, 3.8) is 0 Å². The number of H-pyrrole nitrogens is 1. The zero-order chi connectivity index (χ0) is 9.42. The third-order valence-electron chi connectivity index (χ3n) is 1.50. The number of rotatable bonds is 1. The molecule has 8 heteroatoms. The van der Waals surface area contributed by atoms with E-state index in [9.17, 15) is 14.7 Å². The fraction of sp³-hybridized carbons (Fsp3) is 0. The topological polar surface area (TPSA) is 112 Å². The van der Waals surface area contributed by atoms with Crippen LogP contribution in [0.3, 0.4) is 0 Å². The SMILES string of the molecule is O=C([O-])c1n[nH]c(=O)c2nocc12.[Rb+]. The summed E-state index contributed by atoms with van der Waals surface area (Å²) >= 11 is 0. The number of nitrogens with zero attached hydrogens (tertiary/aromatic N) is 2. The summed E-state index contributed by atoms with van der Waals surface area (Å²) in [5, 5.41) is 19.0. The van der Waals surface area contributed by atoms with Gasteiger partial charge in [-0.15, -0.1) is 0 Å². The summed E-state index contributed by atoms with van der Waals surface area (Å²) in [6, 6.07) is 0. The van der Waals surface area contributed by atoms with Crippen LogP contribution in [0.25, 0.3) is 10.9 Å². The number of fused-ring (bicyclic) bond motifs is 1. The Morgan fingerprint density at radius 3 is 2.93 bits per heavy atom. The molecule has 14 heavy (non-hydrogen) atoms. The number of hydrogen-bond acceptors (Lipinski definition) is 6. The van der Waals surface area contributed by atoms with Crippen LogP contribution >= 0.6 is 0 Å². The predicted molar refractivity (Wildman–Crippen MR) is 36.8 cm³/mol. The van der Waals surface area contributed by atoms with Crippen LogP contribution in [-0.2, 0) is 0 Å². The van der Waals surface area contributed by atoms with Crippen LogP contribution in [0, 0.1) is 0 Å². The average molecular weight is 266 g/mol. The minimum absolute atomic E-state index is 0. The van der Waals surface area contributed by atoms with Crippen molar-refractivity contribution in [2.24, 2.45) is 0 Å². The van der Waals surface area contributed by atoms with E-state index in [1.165, 1.54) is 0 Å². The van der Waals surface area contributed by atoms with Gasteiger partial charge < -0.3 is 14.4 Å². The summed E-state index contributed by atoms with van der Waals surface area (Å²) in [6.45, 7) is 0. The molecule has 0 unspecified atom stereocenters. The molecule has 0 atom stereocenters. The van der Waals surface area contributed by atoms with Crippen LogP contribution in [0.5, 0.6) is 0 Å². The molecule has 0 aliphatic heterocycles. The van der Waals surface area contributed by atoms with E-state index in [4.69, 9.17) is 0 Å². The van der Waals surface area contributed by atoms with Gasteiger partial charge in [-0.1, -0.05) is 5.16 Å². The van der Waals surface area contributed by atoms with E-state index in [0.717, 1.165) is 6.26 Å². The Bertz CT molecular complexity index is 531. The van der Waals surface area contributed by atoms with Gasteiger partial charge in [0.25, 0.3) is 5.56 Å². The maximum absolute atomic E-state index is 11.0. The number of carboxylic acid groups (broad SMARTS) is 1. The number of aromatic nitrogens is 3. The van der Waals surface area contributed by atoms with E-state index >= 15 is 0 Å². The molecular formula is C6H2N3O4Rb. The third-order valence-corrected chi connectivity index (χ3v) is 1.50. The minimum Gasteiger partial charge on any atom is -0.543 e. The zero-order valence-corrected chi connectivity index (χ0v) is 12.0. The normalized spacial score (nSPS) is 9.71. The molecule has 0 aromatic carbocycles. The van der Waals surface area contributed by atoms with Crippen LogP contribution in [0.1, 0.15) is 10.5 Å². The number of aromatic carboxylic acids is 1. The predicted octanol–water partition coefficient (Wildman–Crippen LogP) is -4.72. The molecule has 1 N–H and O–H groups in total. The number of aromatic amines is 1. The average Bonchev–Trinajstić information content (AvgIpc) is 2.53. The molecule has 0 saturated carbocycles. The van der Waals surface area contributed by atoms with Crippen LogP contribution in [-0.4, -0.2) is 21.3 Å². The Kier molecular flexibility index (Phi) is 3.70. The quantitative estimate of drug-likeness (QED) is 0.554. The van der Waals surface area contributed by atoms with E-state index < -0.39 is 17.2 Å². The van der Waals surface area contributed by atoms with Crippen LogP contribution < -0.4 is 68.9 Å². The molecule has 0 amide bonds. The van der Waals surface area contributed by atoms with Crippen molar-refractivity contribution in [2.45, 2.75) is 0 Å². The van der Waals surface area contributed by atoms with Crippen LogP contribution in [0.15, 0.2) is 15.6 Å². The summed E-state index contributed by atoms with van der Waals surface area (Å²) < 4.78 is 4.44. The second kappa shape index (κ2) is 4.43. The Labute approximate surface area is 125 Å². The standard InChI is InChI=1S/C6H3N3O4.Rb/c10-5-3-2(1-13-9-3)4(6(11)12)7-8-5;/h1H,(H,8,10)(H,11,12);/q;+1/p-1. The van der Waals surface area contributed by atoms with E-state index in [0.29, 0.717) is 0 Å². The summed E-state index contributed by atoms with van der Waals surface area (Å²) in [6.07, 6.45) is 1.03. The Hall–Kier alpha value is -0.375. The monoisotopic (exact) mass is 265 g/mol. The van der Waals surface area contributed by atoms with Crippen molar-refractivity contribution in [3.05, 3.63) is 22.3 Å². The second-order valence-electron chi connectivity index (χ2n) is 2.27. The molecule has 2 heterocycles.